The van der Waals surface area contributed by atoms with Gasteiger partial charge in [0, 0.05) is 11.6 Å². The second kappa shape index (κ2) is 9.11. The molecular formula is C20H21Cl2NO4. The van der Waals surface area contributed by atoms with Gasteiger partial charge in [-0.15, -0.1) is 0 Å². The molecule has 2 aromatic carbocycles. The maximum atomic E-state index is 11.8. The maximum Gasteiger partial charge on any atom is 0.309 e. The van der Waals surface area contributed by atoms with E-state index in [0.29, 0.717) is 22.7 Å². The van der Waals surface area contributed by atoms with Gasteiger partial charge in [0.2, 0.25) is 5.91 Å². The number of hydrogen-bond donors (Lipinski definition) is 1. The van der Waals surface area contributed by atoms with E-state index in [2.05, 4.69) is 10.1 Å². The average Bonchev–Trinajstić information content (AvgIpc) is 2.60. The van der Waals surface area contributed by atoms with Gasteiger partial charge in [0.15, 0.2) is 5.75 Å². The molecule has 0 aliphatic rings. The smallest absolute Gasteiger partial charge is 0.309 e. The van der Waals surface area contributed by atoms with E-state index in [0.717, 1.165) is 5.56 Å². The van der Waals surface area contributed by atoms with Crippen LogP contribution in [-0.4, -0.2) is 19.0 Å². The topological polar surface area (TPSA) is 64.6 Å². The zero-order valence-corrected chi connectivity index (χ0v) is 17.1. The molecule has 144 valence electrons. The van der Waals surface area contributed by atoms with Crippen molar-refractivity contribution >= 4 is 40.8 Å². The second-order valence-corrected chi connectivity index (χ2v) is 7.18. The number of anilines is 1. The van der Waals surface area contributed by atoms with Gasteiger partial charge in [-0.25, -0.2) is 0 Å². The summed E-state index contributed by atoms with van der Waals surface area (Å²) in [5.74, 6) is 0.274. The predicted octanol–water partition coefficient (Wildman–Crippen LogP) is 5.40. The first-order valence-corrected chi connectivity index (χ1v) is 9.11. The average molecular weight is 410 g/mol. The van der Waals surface area contributed by atoms with Crippen molar-refractivity contribution in [2.45, 2.75) is 27.2 Å². The van der Waals surface area contributed by atoms with E-state index in [9.17, 15) is 9.59 Å². The van der Waals surface area contributed by atoms with Crippen LogP contribution in [0.1, 0.15) is 25.0 Å². The van der Waals surface area contributed by atoms with Crippen LogP contribution in [0.4, 0.5) is 5.69 Å². The summed E-state index contributed by atoms with van der Waals surface area (Å²) in [6.07, 6.45) is 0.0690. The van der Waals surface area contributed by atoms with E-state index < -0.39 is 0 Å². The maximum absolute atomic E-state index is 11.8. The van der Waals surface area contributed by atoms with Crippen LogP contribution in [0, 0.1) is 12.8 Å². The molecule has 0 aromatic heterocycles. The van der Waals surface area contributed by atoms with E-state index >= 15 is 0 Å². The van der Waals surface area contributed by atoms with Gasteiger partial charge in [-0.2, -0.15) is 0 Å². The number of carbonyl (C=O) groups is 2. The quantitative estimate of drug-likeness (QED) is 0.648. The Bertz CT molecular complexity index is 842. The van der Waals surface area contributed by atoms with Crippen molar-refractivity contribution in [3.63, 3.8) is 0 Å². The third-order valence-electron chi connectivity index (χ3n) is 3.83. The van der Waals surface area contributed by atoms with Crippen LogP contribution in [0.25, 0.3) is 0 Å². The van der Waals surface area contributed by atoms with Crippen molar-refractivity contribution < 1.29 is 19.1 Å². The fourth-order valence-corrected chi connectivity index (χ4v) is 2.90. The number of rotatable bonds is 6. The van der Waals surface area contributed by atoms with Crippen molar-refractivity contribution in [3.8, 4) is 11.5 Å². The lowest BCUT2D eigenvalue weighted by Crippen LogP contribution is -2.18. The first-order chi connectivity index (χ1) is 12.7. The second-order valence-electron chi connectivity index (χ2n) is 6.36. The van der Waals surface area contributed by atoms with Crippen LogP contribution < -0.4 is 10.1 Å². The molecule has 0 saturated heterocycles. The van der Waals surface area contributed by atoms with Gasteiger partial charge < -0.3 is 14.8 Å². The highest BCUT2D eigenvalue weighted by molar-refractivity contribution is 6.37. The van der Waals surface area contributed by atoms with Crippen LogP contribution >= 0.6 is 23.2 Å². The van der Waals surface area contributed by atoms with Crippen molar-refractivity contribution in [2.24, 2.45) is 5.92 Å². The Morgan fingerprint density at radius 3 is 2.26 bits per heavy atom. The van der Waals surface area contributed by atoms with Gasteiger partial charge in [-0.05, 0) is 48.4 Å². The standard InChI is InChI=1S/C20H21Cl2NO4/c1-11(2)20(25)23-17-6-5-14(7-12(17)3)27-19-15(21)8-13(9-16(19)22)10-18(24)26-4/h5-9,11H,10H2,1-4H3,(H,23,25). The SMILES string of the molecule is COC(=O)Cc1cc(Cl)c(Oc2ccc(NC(=O)C(C)C)c(C)c2)c(Cl)c1. The highest BCUT2D eigenvalue weighted by Gasteiger charge is 2.14. The Labute approximate surface area is 168 Å². The normalized spacial score (nSPS) is 10.6. The van der Waals surface area contributed by atoms with Crippen LogP contribution in [0.2, 0.25) is 10.0 Å². The summed E-state index contributed by atoms with van der Waals surface area (Å²) in [6, 6.07) is 8.49. The Balaban J connectivity index is 2.20. The summed E-state index contributed by atoms with van der Waals surface area (Å²) in [5, 5.41) is 3.44. The third kappa shape index (κ3) is 5.62. The number of nitrogens with one attached hydrogen (secondary N) is 1. The number of benzene rings is 2. The summed E-state index contributed by atoms with van der Waals surface area (Å²) in [6.45, 7) is 5.53. The van der Waals surface area contributed by atoms with E-state index in [-0.39, 0.29) is 34.3 Å². The highest BCUT2D eigenvalue weighted by atomic mass is 35.5. The van der Waals surface area contributed by atoms with Crippen molar-refractivity contribution in [2.75, 3.05) is 12.4 Å². The molecule has 1 N–H and O–H groups in total. The molecule has 0 aliphatic carbocycles. The first-order valence-electron chi connectivity index (χ1n) is 8.35. The number of hydrogen-bond acceptors (Lipinski definition) is 4. The van der Waals surface area contributed by atoms with E-state index in [1.54, 1.807) is 30.3 Å². The largest absolute Gasteiger partial charge is 0.469 e. The minimum Gasteiger partial charge on any atom is -0.469 e. The van der Waals surface area contributed by atoms with Crippen LogP contribution in [-0.2, 0) is 20.7 Å². The fourth-order valence-electron chi connectivity index (χ4n) is 2.29. The Morgan fingerprint density at radius 1 is 1.11 bits per heavy atom. The number of ether oxygens (including phenoxy) is 2. The van der Waals surface area contributed by atoms with E-state index in [1.165, 1.54) is 7.11 Å². The molecule has 0 fully saturated rings. The minimum absolute atomic E-state index is 0.0564. The Morgan fingerprint density at radius 2 is 1.74 bits per heavy atom. The number of aryl methyl sites for hydroxylation is 1. The summed E-state index contributed by atoms with van der Waals surface area (Å²) < 4.78 is 10.5. The zero-order valence-electron chi connectivity index (χ0n) is 15.6. The molecule has 2 aromatic rings. The summed E-state index contributed by atoms with van der Waals surface area (Å²) in [4.78, 5) is 23.2. The summed E-state index contributed by atoms with van der Waals surface area (Å²) >= 11 is 12.5. The molecule has 0 aliphatic heterocycles. The molecule has 0 bridgehead atoms. The minimum atomic E-state index is -0.384. The number of carbonyl (C=O) groups excluding carboxylic acids is 2. The Kier molecular flexibility index (Phi) is 7.11. The monoisotopic (exact) mass is 409 g/mol. The van der Waals surface area contributed by atoms with E-state index in [1.807, 2.05) is 20.8 Å². The lowest BCUT2D eigenvalue weighted by Gasteiger charge is -2.14. The van der Waals surface area contributed by atoms with Crippen molar-refractivity contribution in [1.29, 1.82) is 0 Å². The zero-order chi connectivity index (χ0) is 20.1. The molecule has 0 saturated carbocycles. The van der Waals surface area contributed by atoms with Gasteiger partial charge in [0.1, 0.15) is 5.75 Å². The third-order valence-corrected chi connectivity index (χ3v) is 4.40. The molecule has 5 nitrogen and oxygen atoms in total. The Hall–Kier alpha value is -2.24. The van der Waals surface area contributed by atoms with Crippen molar-refractivity contribution in [1.82, 2.24) is 0 Å². The lowest BCUT2D eigenvalue weighted by molar-refractivity contribution is -0.139. The molecule has 1 amide bonds. The van der Waals surface area contributed by atoms with Crippen LogP contribution in [0.3, 0.4) is 0 Å². The molecule has 0 heterocycles. The highest BCUT2D eigenvalue weighted by Crippen LogP contribution is 2.38. The van der Waals surface area contributed by atoms with Gasteiger partial charge in [-0.3, -0.25) is 9.59 Å². The summed E-state index contributed by atoms with van der Waals surface area (Å²) in [7, 11) is 1.32. The van der Waals surface area contributed by atoms with E-state index in [4.69, 9.17) is 27.9 Å². The van der Waals surface area contributed by atoms with Gasteiger partial charge in [0.25, 0.3) is 0 Å². The molecule has 27 heavy (non-hydrogen) atoms. The van der Waals surface area contributed by atoms with Crippen molar-refractivity contribution in [3.05, 3.63) is 51.5 Å². The molecule has 0 unspecified atom stereocenters. The van der Waals surface area contributed by atoms with Crippen LogP contribution in [0.5, 0.6) is 11.5 Å². The summed E-state index contributed by atoms with van der Waals surface area (Å²) in [5.41, 5.74) is 2.19. The van der Waals surface area contributed by atoms with Gasteiger partial charge in [-0.1, -0.05) is 37.0 Å². The number of amides is 1. The lowest BCUT2D eigenvalue weighted by atomic mass is 10.1. The fraction of sp³-hybridized carbons (Fsp3) is 0.300. The van der Waals surface area contributed by atoms with Gasteiger partial charge >= 0.3 is 5.97 Å². The number of methoxy groups -OCH3 is 1. The van der Waals surface area contributed by atoms with Gasteiger partial charge in [0.05, 0.1) is 23.6 Å². The molecule has 0 atom stereocenters. The molecule has 0 spiro atoms. The number of esters is 1. The molecule has 7 heteroatoms. The first kappa shape index (κ1) is 21.1. The molecule has 0 radical (unpaired) electrons. The van der Waals surface area contributed by atoms with Crippen LogP contribution in [0.15, 0.2) is 30.3 Å². The number of halogens is 2. The molecule has 2 rings (SSSR count). The molecular weight excluding hydrogens is 389 g/mol. The predicted molar refractivity (Wildman–Crippen MR) is 107 cm³/mol.